The maximum absolute atomic E-state index is 14.0. The zero-order valence-electron chi connectivity index (χ0n) is 40.7. The average molecular weight is 895 g/mol. The Morgan fingerprint density at radius 2 is 1.50 bits per heavy atom. The molecule has 0 saturated carbocycles. The largest absolute Gasteiger partial charge is 0.449 e. The van der Waals surface area contributed by atoms with Crippen molar-refractivity contribution in [3.05, 3.63) is 69.6 Å². The summed E-state index contributed by atoms with van der Waals surface area (Å²) in [7, 11) is 2.89. The normalized spacial score (nSPS) is 15.7. The Bertz CT molecular complexity index is 1870. The zero-order chi connectivity index (χ0) is 49.1. The van der Waals surface area contributed by atoms with Crippen molar-refractivity contribution in [1.29, 1.82) is 0 Å². The summed E-state index contributed by atoms with van der Waals surface area (Å²) in [6.45, 7) is 22.2. The van der Waals surface area contributed by atoms with Gasteiger partial charge in [0.15, 0.2) is 11.9 Å². The van der Waals surface area contributed by atoms with Gasteiger partial charge in [-0.15, -0.1) is 0 Å². The first kappa shape index (κ1) is 56.3. The number of ketones is 1. The van der Waals surface area contributed by atoms with E-state index in [2.05, 4.69) is 26.0 Å². The molecule has 8 atom stereocenters. The minimum absolute atomic E-state index is 0.0995. The van der Waals surface area contributed by atoms with E-state index in [0.29, 0.717) is 6.42 Å². The van der Waals surface area contributed by atoms with Crippen molar-refractivity contribution < 1.29 is 43.0 Å². The molecule has 3 N–H and O–H groups in total. The highest BCUT2D eigenvalue weighted by molar-refractivity contribution is 5.95. The van der Waals surface area contributed by atoms with Gasteiger partial charge in [-0.2, -0.15) is 0 Å². The van der Waals surface area contributed by atoms with E-state index in [4.69, 9.17) is 9.47 Å². The molecule has 0 fully saturated rings. The molecule has 5 amide bonds. The quantitative estimate of drug-likeness (QED) is 0.0253. The molecule has 0 heterocycles. The molecule has 17 nitrogen and oxygen atoms in total. The molecule has 0 saturated heterocycles. The van der Waals surface area contributed by atoms with Crippen molar-refractivity contribution in [3.8, 4) is 0 Å². The molecular weight excluding hydrogens is 821 g/mol. The number of alkyl carbamates (subject to hydrolysis) is 1. The maximum Gasteiger partial charge on any atom is 0.408 e. The number of ether oxygens (including phenoxy) is 2. The lowest BCUT2D eigenvalue weighted by molar-refractivity contribution is -0.154. The number of carbonyl (C=O) groups is 7. The molecule has 17 heteroatoms. The number of hydrogen-bond acceptors (Lipinski definition) is 10. The number of amides is 5. The van der Waals surface area contributed by atoms with Crippen LogP contribution < -0.4 is 16.0 Å². The van der Waals surface area contributed by atoms with Gasteiger partial charge in [0.05, 0.1) is 18.6 Å². The number of allylic oxidation sites excluding steroid dienone is 1. The fourth-order valence-electron chi connectivity index (χ4n) is 6.87. The van der Waals surface area contributed by atoms with Crippen molar-refractivity contribution >= 4 is 41.5 Å². The first-order valence-electron chi connectivity index (χ1n) is 22.0. The second-order valence-corrected chi connectivity index (χ2v) is 18.1. The zero-order valence-corrected chi connectivity index (χ0v) is 40.7. The molecule has 0 aliphatic rings. The lowest BCUT2D eigenvalue weighted by Gasteiger charge is -2.33. The number of hydrogen-bond donors (Lipinski definition) is 3. The fraction of sp³-hybridized carbons (Fsp3) is 0.638. The summed E-state index contributed by atoms with van der Waals surface area (Å²) in [4.78, 5) is 98.7. The van der Waals surface area contributed by atoms with Crippen LogP contribution in [0.4, 0.5) is 4.79 Å². The highest BCUT2D eigenvalue weighted by Crippen LogP contribution is 2.24. The summed E-state index contributed by atoms with van der Waals surface area (Å²) in [5, 5.41) is 12.2. The fourth-order valence-corrected chi connectivity index (χ4v) is 6.87. The second-order valence-electron chi connectivity index (χ2n) is 18.1. The van der Waals surface area contributed by atoms with Crippen molar-refractivity contribution in [2.75, 3.05) is 20.6 Å². The van der Waals surface area contributed by atoms with Gasteiger partial charge in [-0.25, -0.2) is 9.59 Å². The van der Waals surface area contributed by atoms with Crippen LogP contribution in [-0.2, 0) is 44.7 Å². The van der Waals surface area contributed by atoms with Gasteiger partial charge < -0.3 is 35.2 Å². The number of azide groups is 1. The van der Waals surface area contributed by atoms with Crippen LogP contribution >= 0.6 is 0 Å². The monoisotopic (exact) mass is 895 g/mol. The van der Waals surface area contributed by atoms with E-state index in [1.165, 1.54) is 44.7 Å². The van der Waals surface area contributed by atoms with Crippen LogP contribution in [0.1, 0.15) is 115 Å². The third-order valence-electron chi connectivity index (χ3n) is 11.0. The van der Waals surface area contributed by atoms with Crippen molar-refractivity contribution in [3.63, 3.8) is 0 Å². The topological polar surface area (TPSA) is 229 Å². The summed E-state index contributed by atoms with van der Waals surface area (Å²) >= 11 is 0. The van der Waals surface area contributed by atoms with Crippen LogP contribution in [-0.4, -0.2) is 114 Å². The van der Waals surface area contributed by atoms with Gasteiger partial charge >= 0.3 is 12.1 Å². The number of nitrogens with one attached hydrogen (secondary N) is 3. The molecule has 1 rings (SSSR count). The van der Waals surface area contributed by atoms with E-state index in [1.54, 1.807) is 39.0 Å². The third-order valence-corrected chi connectivity index (χ3v) is 11.0. The minimum Gasteiger partial charge on any atom is -0.449 e. The van der Waals surface area contributed by atoms with E-state index < -0.39 is 83.5 Å². The predicted octanol–water partition coefficient (Wildman–Crippen LogP) is 6.61. The Kier molecular flexibility index (Phi) is 23.6. The molecule has 356 valence electrons. The van der Waals surface area contributed by atoms with Crippen molar-refractivity contribution in [1.82, 2.24) is 25.8 Å². The third kappa shape index (κ3) is 19.0. The lowest BCUT2D eigenvalue weighted by Crippen LogP contribution is -2.56. The number of esters is 1. The van der Waals surface area contributed by atoms with E-state index in [0.717, 1.165) is 11.1 Å². The molecule has 1 unspecified atom stereocenters. The number of likely N-dealkylation sites (N-methyl/N-ethyl adjacent to an activating group) is 2. The van der Waals surface area contributed by atoms with Crippen LogP contribution in [0.3, 0.4) is 0 Å². The minimum atomic E-state index is -1.29. The van der Waals surface area contributed by atoms with Gasteiger partial charge in [0.2, 0.25) is 17.7 Å². The number of carbonyl (C=O) groups excluding carboxylic acids is 7. The van der Waals surface area contributed by atoms with Crippen LogP contribution in [0.25, 0.3) is 10.4 Å². The van der Waals surface area contributed by atoms with E-state index in [9.17, 15) is 39.1 Å². The molecular formula is C47H74N8O9. The standard InChI is InChI=1S/C47H74N8O9/c1-16-29(5)40(51-46(62)64-47(11,12)13)32(8)36(52-53-48)24-23-31(7)45(61)63-38(25-28(3)4)42(58)49-33(9)43(59)55(15)37(26-35-21-19-18-20-22-35)44(60)54(14)27-39(57)50-41(34(10)56)30(6)17-2/h16,18-23,28,30,32-33,36-38,40-41H,17,24-27H2,1-15H3,(H,49,58)(H,50,57)(H,51,62)/b29-16+,31-23+/t30?,32-,33-,36-,37+,38+,40+,41-/m0/s1. The smallest absolute Gasteiger partial charge is 0.408 e. The first-order chi connectivity index (χ1) is 29.8. The summed E-state index contributed by atoms with van der Waals surface area (Å²) in [5.74, 6) is -4.01. The lowest BCUT2D eigenvalue weighted by atomic mass is 9.87. The molecule has 0 aromatic heterocycles. The van der Waals surface area contributed by atoms with Crippen LogP contribution in [0.15, 0.2) is 58.7 Å². The van der Waals surface area contributed by atoms with Crippen LogP contribution in [0.5, 0.6) is 0 Å². The Morgan fingerprint density at radius 3 is 2.02 bits per heavy atom. The second kappa shape index (κ2) is 26.8. The Balaban J connectivity index is 3.27. The average Bonchev–Trinajstić information content (AvgIpc) is 3.22. The van der Waals surface area contributed by atoms with Gasteiger partial charge in [0.25, 0.3) is 5.91 Å². The molecule has 1 aromatic rings. The maximum atomic E-state index is 14.0. The molecule has 1 aromatic carbocycles. The summed E-state index contributed by atoms with van der Waals surface area (Å²) in [6.07, 6.45) is 2.47. The highest BCUT2D eigenvalue weighted by Gasteiger charge is 2.35. The van der Waals surface area contributed by atoms with Gasteiger partial charge in [-0.1, -0.05) is 94.2 Å². The SMILES string of the molecule is C/C=C(\C)[C@@H](NC(=O)OC(C)(C)C)[C@@H](C)[C@H](C/C=C(\C)C(=O)O[C@H](CC(C)C)C(=O)N[C@@H](C)C(=O)N(C)[C@H](Cc1ccccc1)C(=O)N(C)CC(=O)N[C@H](C(C)=O)C(C)CC)N=[N+]=[N-]. The molecule has 0 bridgehead atoms. The number of nitrogens with zero attached hydrogens (tertiary/aromatic N) is 5. The van der Waals surface area contributed by atoms with Crippen molar-refractivity contribution in [2.24, 2.45) is 22.9 Å². The van der Waals surface area contributed by atoms with Crippen LogP contribution in [0.2, 0.25) is 0 Å². The van der Waals surface area contributed by atoms with Crippen molar-refractivity contribution in [2.45, 2.75) is 158 Å². The molecule has 0 radical (unpaired) electrons. The predicted molar refractivity (Wildman–Crippen MR) is 246 cm³/mol. The van der Waals surface area contributed by atoms with Gasteiger partial charge in [0.1, 0.15) is 17.7 Å². The molecule has 0 aliphatic carbocycles. The number of Topliss-reactive ketones (excluding diaryl/α,β-unsaturated/α-hetero) is 1. The Morgan fingerprint density at radius 1 is 0.891 bits per heavy atom. The van der Waals surface area contributed by atoms with Gasteiger partial charge in [-0.05, 0) is 97.1 Å². The van der Waals surface area contributed by atoms with Gasteiger partial charge in [0, 0.05) is 37.0 Å². The van der Waals surface area contributed by atoms with Gasteiger partial charge in [-0.3, -0.25) is 24.0 Å². The Labute approximate surface area is 380 Å². The van der Waals surface area contributed by atoms with E-state index in [-0.39, 0.29) is 49.0 Å². The molecule has 0 spiro atoms. The molecule has 64 heavy (non-hydrogen) atoms. The number of rotatable bonds is 24. The molecule has 0 aliphatic heterocycles. The number of benzene rings is 1. The van der Waals surface area contributed by atoms with Crippen LogP contribution in [0, 0.1) is 17.8 Å². The Hall–Kier alpha value is -5.70. The first-order valence-corrected chi connectivity index (χ1v) is 22.0. The van der Waals surface area contributed by atoms with E-state index in [1.807, 2.05) is 72.7 Å². The summed E-state index contributed by atoms with van der Waals surface area (Å²) in [5.41, 5.74) is 10.4. The highest BCUT2D eigenvalue weighted by atomic mass is 16.6. The summed E-state index contributed by atoms with van der Waals surface area (Å²) in [6, 6.07) is 4.83. The van der Waals surface area contributed by atoms with E-state index >= 15 is 0 Å². The summed E-state index contributed by atoms with van der Waals surface area (Å²) < 4.78 is 11.2.